The molecule has 0 aromatic carbocycles. The molecule has 0 bridgehead atoms. The Morgan fingerprint density at radius 3 is 2.88 bits per heavy atom. The van der Waals surface area contributed by atoms with E-state index in [1.54, 1.807) is 16.2 Å². The van der Waals surface area contributed by atoms with E-state index in [0.29, 0.717) is 31.1 Å². The van der Waals surface area contributed by atoms with Crippen LogP contribution < -0.4 is 0 Å². The van der Waals surface area contributed by atoms with Crippen LogP contribution in [-0.2, 0) is 16.0 Å². The number of hydrogen-bond donors (Lipinski definition) is 1. The second kappa shape index (κ2) is 6.95. The second-order valence-electron chi connectivity index (χ2n) is 6.71. The molecule has 0 spiro atoms. The van der Waals surface area contributed by atoms with Gasteiger partial charge in [-0.25, -0.2) is 0 Å². The highest BCUT2D eigenvalue weighted by Crippen LogP contribution is 2.38. The molecule has 7 nitrogen and oxygen atoms in total. The molecule has 1 amide bonds. The number of hydrogen-bond acceptors (Lipinski definition) is 6. The summed E-state index contributed by atoms with van der Waals surface area (Å²) >= 11 is 1.55. The number of amides is 1. The average Bonchev–Trinajstić information content (AvgIpc) is 3.31. The fourth-order valence-electron chi connectivity index (χ4n) is 3.18. The van der Waals surface area contributed by atoms with Gasteiger partial charge in [0.2, 0.25) is 17.6 Å². The number of aliphatic carboxylic acids is 1. The van der Waals surface area contributed by atoms with Gasteiger partial charge in [-0.05, 0) is 23.8 Å². The van der Waals surface area contributed by atoms with E-state index < -0.39 is 11.4 Å². The highest BCUT2D eigenvalue weighted by atomic mass is 32.1. The molecule has 3 heterocycles. The number of carboxylic acids is 1. The Labute approximate surface area is 149 Å². The van der Waals surface area contributed by atoms with Crippen molar-refractivity contribution in [3.8, 4) is 11.4 Å². The van der Waals surface area contributed by atoms with Gasteiger partial charge in [0.15, 0.2) is 0 Å². The minimum atomic E-state index is -0.841. The maximum Gasteiger partial charge on any atom is 0.311 e. The van der Waals surface area contributed by atoms with E-state index in [-0.39, 0.29) is 24.8 Å². The lowest BCUT2D eigenvalue weighted by Gasteiger charge is -2.28. The Bertz CT molecular complexity index is 756. The molecule has 1 saturated heterocycles. The Hall–Kier alpha value is -2.22. The first-order valence-corrected chi connectivity index (χ1v) is 9.23. The predicted molar refractivity (Wildman–Crippen MR) is 92.0 cm³/mol. The summed E-state index contributed by atoms with van der Waals surface area (Å²) in [7, 11) is 0. The molecule has 2 aromatic heterocycles. The summed E-state index contributed by atoms with van der Waals surface area (Å²) < 4.78 is 5.20. The van der Waals surface area contributed by atoms with Crippen LogP contribution in [0.15, 0.2) is 21.3 Å². The van der Waals surface area contributed by atoms with Crippen LogP contribution in [0.25, 0.3) is 11.4 Å². The van der Waals surface area contributed by atoms with Crippen LogP contribution in [-0.4, -0.2) is 45.1 Å². The molecule has 1 aliphatic rings. The molecular weight excluding hydrogens is 342 g/mol. The minimum absolute atomic E-state index is 0.0214. The molecule has 25 heavy (non-hydrogen) atoms. The fraction of sp³-hybridized carbons (Fsp3) is 0.529. The van der Waals surface area contributed by atoms with E-state index in [2.05, 4.69) is 10.1 Å². The van der Waals surface area contributed by atoms with Crippen LogP contribution in [0.5, 0.6) is 0 Å². The lowest BCUT2D eigenvalue weighted by molar-refractivity contribution is -0.151. The zero-order valence-electron chi connectivity index (χ0n) is 14.3. The van der Waals surface area contributed by atoms with E-state index in [1.165, 1.54) is 0 Å². The molecule has 134 valence electrons. The topological polar surface area (TPSA) is 96.5 Å². The van der Waals surface area contributed by atoms with Crippen molar-refractivity contribution in [3.05, 3.63) is 22.7 Å². The Kier molecular flexibility index (Phi) is 4.89. The number of carbonyl (C=O) groups excluding carboxylic acids is 1. The Balaban J connectivity index is 1.58. The zero-order chi connectivity index (χ0) is 18.0. The first-order chi connectivity index (χ1) is 11.9. The summed E-state index contributed by atoms with van der Waals surface area (Å²) in [6, 6.07) is 1.91. The molecule has 3 rings (SSSR count). The third kappa shape index (κ3) is 3.44. The van der Waals surface area contributed by atoms with Gasteiger partial charge in [0.1, 0.15) is 0 Å². The van der Waals surface area contributed by atoms with Gasteiger partial charge in [0.25, 0.3) is 0 Å². The average molecular weight is 363 g/mol. The van der Waals surface area contributed by atoms with E-state index in [1.807, 2.05) is 30.7 Å². The van der Waals surface area contributed by atoms with Crippen molar-refractivity contribution >= 4 is 23.2 Å². The number of thiophene rings is 1. The first-order valence-electron chi connectivity index (χ1n) is 8.29. The third-order valence-corrected chi connectivity index (χ3v) is 5.67. The molecular formula is C17H21N3O4S. The highest BCUT2D eigenvalue weighted by Gasteiger charge is 2.48. The van der Waals surface area contributed by atoms with E-state index in [4.69, 9.17) is 4.52 Å². The van der Waals surface area contributed by atoms with Gasteiger partial charge in [-0.2, -0.15) is 16.3 Å². The summed E-state index contributed by atoms with van der Waals surface area (Å²) in [5.41, 5.74) is 0.0563. The molecule has 8 heteroatoms. The maximum atomic E-state index is 12.4. The lowest BCUT2D eigenvalue weighted by Crippen LogP contribution is -2.40. The predicted octanol–water partition coefficient (Wildman–Crippen LogP) is 2.69. The summed E-state index contributed by atoms with van der Waals surface area (Å²) in [5.74, 6) is 0.0257. The van der Waals surface area contributed by atoms with E-state index >= 15 is 0 Å². The summed E-state index contributed by atoms with van der Waals surface area (Å²) in [6.07, 6.45) is 1.09. The minimum Gasteiger partial charge on any atom is -0.481 e. The number of rotatable bonds is 6. The van der Waals surface area contributed by atoms with Gasteiger partial charge in [-0.3, -0.25) is 9.59 Å². The Morgan fingerprint density at radius 1 is 1.48 bits per heavy atom. The SMILES string of the molecule is CC(C)C1(C(=O)O)CCN(C(=O)CCc2nc(-c3ccsc3)no2)C1. The molecule has 0 saturated carbocycles. The summed E-state index contributed by atoms with van der Waals surface area (Å²) in [4.78, 5) is 30.0. The Morgan fingerprint density at radius 2 is 2.28 bits per heavy atom. The largest absolute Gasteiger partial charge is 0.481 e. The quantitative estimate of drug-likeness (QED) is 0.847. The van der Waals surface area contributed by atoms with Gasteiger partial charge in [0, 0.05) is 36.9 Å². The van der Waals surface area contributed by atoms with Crippen molar-refractivity contribution in [3.63, 3.8) is 0 Å². The first kappa shape index (κ1) is 17.6. The van der Waals surface area contributed by atoms with Gasteiger partial charge in [0.05, 0.1) is 5.41 Å². The fourth-order valence-corrected chi connectivity index (χ4v) is 3.81. The van der Waals surface area contributed by atoms with Crippen molar-refractivity contribution in [2.24, 2.45) is 11.3 Å². The standard InChI is InChI=1S/C17H21N3O4S/c1-11(2)17(16(22)23)6-7-20(10-17)14(21)4-3-13-18-15(19-24-13)12-5-8-25-9-12/h5,8-9,11H,3-4,6-7,10H2,1-2H3,(H,22,23). The van der Waals surface area contributed by atoms with Crippen LogP contribution >= 0.6 is 11.3 Å². The molecule has 1 atom stereocenters. The van der Waals surface area contributed by atoms with Gasteiger partial charge < -0.3 is 14.5 Å². The molecule has 1 fully saturated rings. The van der Waals surface area contributed by atoms with Crippen LogP contribution in [0.2, 0.25) is 0 Å². The van der Waals surface area contributed by atoms with Crippen LogP contribution in [0, 0.1) is 11.3 Å². The normalized spacial score (nSPS) is 20.4. The number of likely N-dealkylation sites (tertiary alicyclic amines) is 1. The second-order valence-corrected chi connectivity index (χ2v) is 7.49. The van der Waals surface area contributed by atoms with Gasteiger partial charge >= 0.3 is 5.97 Å². The summed E-state index contributed by atoms with van der Waals surface area (Å²) in [6.45, 7) is 4.54. The summed E-state index contributed by atoms with van der Waals surface area (Å²) in [5, 5.41) is 17.4. The molecule has 1 N–H and O–H groups in total. The molecule has 1 aliphatic heterocycles. The maximum absolute atomic E-state index is 12.4. The van der Waals surface area contributed by atoms with Crippen LogP contribution in [0.4, 0.5) is 0 Å². The van der Waals surface area contributed by atoms with Gasteiger partial charge in [-0.1, -0.05) is 19.0 Å². The highest BCUT2D eigenvalue weighted by molar-refractivity contribution is 7.08. The number of carboxylic acid groups (broad SMARTS) is 1. The molecule has 1 unspecified atom stereocenters. The smallest absolute Gasteiger partial charge is 0.311 e. The molecule has 0 radical (unpaired) electrons. The number of aromatic nitrogens is 2. The van der Waals surface area contributed by atoms with Crippen molar-refractivity contribution in [2.75, 3.05) is 13.1 Å². The molecule has 2 aromatic rings. The van der Waals surface area contributed by atoms with Crippen LogP contribution in [0.3, 0.4) is 0 Å². The lowest BCUT2D eigenvalue weighted by atomic mass is 9.76. The van der Waals surface area contributed by atoms with Crippen molar-refractivity contribution in [1.82, 2.24) is 15.0 Å². The van der Waals surface area contributed by atoms with Gasteiger partial charge in [-0.15, -0.1) is 0 Å². The van der Waals surface area contributed by atoms with Crippen LogP contribution in [0.1, 0.15) is 32.6 Å². The number of aryl methyl sites for hydroxylation is 1. The zero-order valence-corrected chi connectivity index (χ0v) is 15.1. The van der Waals surface area contributed by atoms with Crippen molar-refractivity contribution in [1.29, 1.82) is 0 Å². The van der Waals surface area contributed by atoms with E-state index in [0.717, 1.165) is 5.56 Å². The monoisotopic (exact) mass is 363 g/mol. The van der Waals surface area contributed by atoms with Crippen molar-refractivity contribution in [2.45, 2.75) is 33.1 Å². The number of carbonyl (C=O) groups is 2. The van der Waals surface area contributed by atoms with E-state index in [9.17, 15) is 14.7 Å². The third-order valence-electron chi connectivity index (χ3n) is 4.98. The number of nitrogens with zero attached hydrogens (tertiary/aromatic N) is 3. The molecule has 0 aliphatic carbocycles. The van der Waals surface area contributed by atoms with Crippen molar-refractivity contribution < 1.29 is 19.2 Å².